The second-order valence-electron chi connectivity index (χ2n) is 7.49. The Morgan fingerprint density at radius 3 is 2.69 bits per heavy atom. The van der Waals surface area contributed by atoms with Crippen molar-refractivity contribution in [1.82, 2.24) is 31.3 Å². The molecule has 0 spiro atoms. The average molecular weight is 492 g/mol. The van der Waals surface area contributed by atoms with Crippen molar-refractivity contribution in [1.29, 1.82) is 5.26 Å². The van der Waals surface area contributed by atoms with Crippen LogP contribution in [0.4, 0.5) is 25.8 Å². The molecular weight excluding hydrogens is 476 g/mol. The summed E-state index contributed by atoms with van der Waals surface area (Å²) < 4.78 is 27.1. The molecule has 0 aliphatic carbocycles. The lowest BCUT2D eigenvalue weighted by Gasteiger charge is -2.22. The van der Waals surface area contributed by atoms with Crippen LogP contribution in [0.25, 0.3) is 10.9 Å². The van der Waals surface area contributed by atoms with E-state index in [0.29, 0.717) is 27.3 Å². The molecule has 1 aromatic carbocycles. The van der Waals surface area contributed by atoms with Crippen LogP contribution in [-0.4, -0.2) is 15.0 Å². The average Bonchev–Trinajstić information content (AvgIpc) is 3.40. The minimum atomic E-state index is -1.22. The molecule has 1 aliphatic rings. The molecule has 0 amide bonds. The maximum absolute atomic E-state index is 13.7. The highest BCUT2D eigenvalue weighted by molar-refractivity contribution is 6.36. The third kappa shape index (κ3) is 4.48. The predicted octanol–water partition coefficient (Wildman–Crippen LogP) is 4.18. The molecule has 1 aliphatic heterocycles. The Morgan fingerprint density at radius 1 is 1.09 bits per heavy atom. The quantitative estimate of drug-likeness (QED) is 0.253. The Morgan fingerprint density at radius 2 is 1.97 bits per heavy atom. The number of aromatic nitrogens is 3. The van der Waals surface area contributed by atoms with Crippen LogP contribution < -0.4 is 27.0 Å². The van der Waals surface area contributed by atoms with Gasteiger partial charge in [-0.15, -0.1) is 0 Å². The second kappa shape index (κ2) is 9.38. The number of anilines is 3. The molecule has 12 heteroatoms. The van der Waals surface area contributed by atoms with Gasteiger partial charge in [0.2, 0.25) is 5.95 Å². The van der Waals surface area contributed by atoms with Crippen molar-refractivity contribution in [3.05, 3.63) is 94.9 Å². The molecule has 5 N–H and O–H groups in total. The molecule has 0 saturated carbocycles. The number of hydrogen-bond acceptors (Lipinski definition) is 9. The first-order valence-corrected chi connectivity index (χ1v) is 10.6. The van der Waals surface area contributed by atoms with Gasteiger partial charge in [0.05, 0.1) is 45.4 Å². The monoisotopic (exact) mass is 491 g/mol. The van der Waals surface area contributed by atoms with Crippen LogP contribution >= 0.6 is 11.6 Å². The zero-order valence-electron chi connectivity index (χ0n) is 17.8. The van der Waals surface area contributed by atoms with Crippen molar-refractivity contribution < 1.29 is 8.78 Å². The van der Waals surface area contributed by atoms with Gasteiger partial charge in [-0.3, -0.25) is 9.97 Å². The highest BCUT2D eigenvalue weighted by Gasteiger charge is 2.21. The molecule has 0 fully saturated rings. The lowest BCUT2D eigenvalue weighted by molar-refractivity contribution is 0.480. The van der Waals surface area contributed by atoms with E-state index in [1.54, 1.807) is 30.7 Å². The molecule has 5 rings (SSSR count). The summed E-state index contributed by atoms with van der Waals surface area (Å²) in [6, 6.07) is 9.92. The van der Waals surface area contributed by atoms with Gasteiger partial charge in [-0.25, -0.2) is 9.37 Å². The number of pyridine rings is 3. The molecule has 1 atom stereocenters. The Hall–Kier alpha value is -4.53. The lowest BCUT2D eigenvalue weighted by atomic mass is 10.0. The minimum absolute atomic E-state index is 0.160. The minimum Gasteiger partial charge on any atom is -0.373 e. The second-order valence-corrected chi connectivity index (χ2v) is 7.90. The summed E-state index contributed by atoms with van der Waals surface area (Å²) in [7, 11) is 0. The van der Waals surface area contributed by atoms with Crippen LogP contribution in [0.1, 0.15) is 17.2 Å². The summed E-state index contributed by atoms with van der Waals surface area (Å²) in [6.07, 6.45) is 7.68. The molecule has 9 nitrogen and oxygen atoms in total. The van der Waals surface area contributed by atoms with Gasteiger partial charge in [0.25, 0.3) is 0 Å². The summed E-state index contributed by atoms with van der Waals surface area (Å²) in [6.45, 7) is 0. The van der Waals surface area contributed by atoms with Crippen molar-refractivity contribution in [2.45, 2.75) is 6.04 Å². The zero-order valence-corrected chi connectivity index (χ0v) is 18.5. The topological polar surface area (TPSA) is 123 Å². The Bertz CT molecular complexity index is 1490. The normalized spacial score (nSPS) is 13.4. The Balaban J connectivity index is 1.60. The van der Waals surface area contributed by atoms with Gasteiger partial charge in [0, 0.05) is 41.9 Å². The maximum atomic E-state index is 13.7. The van der Waals surface area contributed by atoms with Gasteiger partial charge in [-0.05, 0) is 23.8 Å². The van der Waals surface area contributed by atoms with E-state index in [-0.39, 0.29) is 17.3 Å². The summed E-state index contributed by atoms with van der Waals surface area (Å²) in [5, 5.41) is 16.9. The molecule has 0 bridgehead atoms. The van der Waals surface area contributed by atoms with Crippen molar-refractivity contribution >= 4 is 39.6 Å². The van der Waals surface area contributed by atoms with E-state index in [0.717, 1.165) is 23.5 Å². The van der Waals surface area contributed by atoms with Crippen LogP contribution in [0.2, 0.25) is 5.02 Å². The van der Waals surface area contributed by atoms with Gasteiger partial charge in [-0.1, -0.05) is 17.7 Å². The van der Waals surface area contributed by atoms with E-state index >= 15 is 0 Å². The smallest absolute Gasteiger partial charge is 0.249 e. The summed E-state index contributed by atoms with van der Waals surface area (Å²) in [5.74, 6) is -2.34. The first kappa shape index (κ1) is 22.3. The maximum Gasteiger partial charge on any atom is 0.249 e. The number of benzene rings is 1. The first-order valence-electron chi connectivity index (χ1n) is 10.3. The van der Waals surface area contributed by atoms with E-state index in [1.807, 2.05) is 12.1 Å². The summed E-state index contributed by atoms with van der Waals surface area (Å²) in [4.78, 5) is 11.9. The SMILES string of the molecule is N#Cc1cnc2c(Cl)cc(N[C@@H](C3=CNNN3)c3cccnc3)cc2c1Nc1cnc(F)c(F)c1. The van der Waals surface area contributed by atoms with E-state index in [1.165, 1.54) is 6.20 Å². The van der Waals surface area contributed by atoms with E-state index in [4.69, 9.17) is 11.6 Å². The lowest BCUT2D eigenvalue weighted by Crippen LogP contribution is -2.33. The molecule has 35 heavy (non-hydrogen) atoms. The fraction of sp³-hybridized carbons (Fsp3) is 0.0435. The zero-order chi connectivity index (χ0) is 24.4. The number of nitriles is 1. The van der Waals surface area contributed by atoms with E-state index in [2.05, 4.69) is 48.0 Å². The molecule has 0 saturated heterocycles. The fourth-order valence-corrected chi connectivity index (χ4v) is 3.93. The summed E-state index contributed by atoms with van der Waals surface area (Å²) >= 11 is 6.57. The number of hydrazine groups is 2. The molecular formula is C23H16ClF2N9. The van der Waals surface area contributed by atoms with Gasteiger partial charge in [0.15, 0.2) is 5.82 Å². The molecule has 3 aromatic heterocycles. The Kier molecular flexibility index (Phi) is 5.97. The number of fused-ring (bicyclic) bond motifs is 1. The highest BCUT2D eigenvalue weighted by Crippen LogP contribution is 2.36. The summed E-state index contributed by atoms with van der Waals surface area (Å²) in [5.41, 5.74) is 12.1. The van der Waals surface area contributed by atoms with Crippen LogP contribution in [0.5, 0.6) is 0 Å². The standard InChI is InChI=1S/C23H16ClF2N9/c24-17-5-14(32-21(19-11-31-35-34-19)12-2-1-3-28-8-12)4-16-20(13(7-27)9-29-22(16)17)33-15-6-18(25)23(26)30-10-15/h1-6,8-11,21,31-32,34-35H,(H,29,33)/t21-/m1/s1. The third-order valence-electron chi connectivity index (χ3n) is 5.26. The van der Waals surface area contributed by atoms with E-state index < -0.39 is 11.8 Å². The van der Waals surface area contributed by atoms with Crippen molar-refractivity contribution in [3.8, 4) is 6.07 Å². The highest BCUT2D eigenvalue weighted by atomic mass is 35.5. The van der Waals surface area contributed by atoms with Gasteiger partial charge in [-0.2, -0.15) is 15.2 Å². The van der Waals surface area contributed by atoms with Gasteiger partial charge >= 0.3 is 0 Å². The first-order chi connectivity index (χ1) is 17.0. The molecule has 4 aromatic rings. The molecule has 0 radical (unpaired) electrons. The number of rotatable bonds is 6. The van der Waals surface area contributed by atoms with E-state index in [9.17, 15) is 14.0 Å². The van der Waals surface area contributed by atoms with Gasteiger partial charge < -0.3 is 21.5 Å². The van der Waals surface area contributed by atoms with Crippen LogP contribution in [0.15, 0.2) is 67.0 Å². The predicted molar refractivity (Wildman–Crippen MR) is 127 cm³/mol. The number of halogens is 3. The number of nitrogens with one attached hydrogen (secondary N) is 5. The van der Waals surface area contributed by atoms with Crippen molar-refractivity contribution in [3.63, 3.8) is 0 Å². The van der Waals surface area contributed by atoms with Crippen molar-refractivity contribution in [2.24, 2.45) is 0 Å². The number of nitrogens with zero attached hydrogens (tertiary/aromatic N) is 4. The van der Waals surface area contributed by atoms with Crippen LogP contribution in [0.3, 0.4) is 0 Å². The molecule has 4 heterocycles. The van der Waals surface area contributed by atoms with Crippen LogP contribution in [0, 0.1) is 23.1 Å². The third-order valence-corrected chi connectivity index (χ3v) is 5.55. The van der Waals surface area contributed by atoms with Crippen LogP contribution in [-0.2, 0) is 0 Å². The Labute approximate surface area is 202 Å². The molecule has 174 valence electrons. The number of hydrogen-bond donors (Lipinski definition) is 5. The molecule has 0 unspecified atom stereocenters. The van der Waals surface area contributed by atoms with Crippen molar-refractivity contribution in [2.75, 3.05) is 10.6 Å². The fourth-order valence-electron chi connectivity index (χ4n) is 3.66. The van der Waals surface area contributed by atoms with Gasteiger partial charge in [0.1, 0.15) is 6.07 Å². The largest absolute Gasteiger partial charge is 0.373 e.